The van der Waals surface area contributed by atoms with E-state index in [0.29, 0.717) is 45.6 Å². The van der Waals surface area contributed by atoms with Crippen LogP contribution in [0.5, 0.6) is 0 Å². The Morgan fingerprint density at radius 1 is 1.07 bits per heavy atom. The number of hydrogen-bond acceptors (Lipinski definition) is 9. The van der Waals surface area contributed by atoms with Gasteiger partial charge >= 0.3 is 0 Å². The number of halogens is 2. The van der Waals surface area contributed by atoms with Crippen LogP contribution in [-0.2, 0) is 14.8 Å². The van der Waals surface area contributed by atoms with Gasteiger partial charge in [0.2, 0.25) is 15.9 Å². The van der Waals surface area contributed by atoms with Gasteiger partial charge in [-0.25, -0.2) is 17.2 Å². The normalized spacial score (nSPS) is 39.6. The van der Waals surface area contributed by atoms with E-state index in [1.165, 1.54) is 0 Å². The second-order valence-electron chi connectivity index (χ2n) is 14.2. The van der Waals surface area contributed by atoms with Crippen LogP contribution in [0.4, 0.5) is 8.78 Å². The fourth-order valence-corrected chi connectivity index (χ4v) is 10.9. The number of nitrogens with zero attached hydrogens (tertiary/aromatic N) is 3. The Labute approximate surface area is 261 Å². The first-order valence-electron chi connectivity index (χ1n) is 16.8. The molecule has 6 aliphatic rings. The maximum absolute atomic E-state index is 15.6. The summed E-state index contributed by atoms with van der Waals surface area (Å²) in [6.45, 7) is 3.63. The lowest BCUT2D eigenvalue weighted by atomic mass is 9.65. The van der Waals surface area contributed by atoms with Gasteiger partial charge in [0, 0.05) is 57.9 Å². The minimum Gasteiger partial charge on any atom is -0.350 e. The predicted molar refractivity (Wildman–Crippen MR) is 166 cm³/mol. The zero-order chi connectivity index (χ0) is 31.1. The zero-order valence-corrected chi connectivity index (χ0v) is 26.8. The summed E-state index contributed by atoms with van der Waals surface area (Å²) in [5.74, 6) is -1.15. The van der Waals surface area contributed by atoms with E-state index in [4.69, 9.17) is 5.73 Å². The van der Waals surface area contributed by atoms with Gasteiger partial charge in [0.05, 0.1) is 29.4 Å². The van der Waals surface area contributed by atoms with Gasteiger partial charge in [0.15, 0.2) is 0 Å². The van der Waals surface area contributed by atoms with E-state index < -0.39 is 40.4 Å². The maximum Gasteiger partial charge on any atom is 0.227 e. The molecule has 7 unspecified atom stereocenters. The molecule has 7 atom stereocenters. The number of nitrogens with one attached hydrogen (secondary N) is 4. The fraction of sp³-hybridized carbons (Fsp3) is 0.900. The quantitative estimate of drug-likeness (QED) is 0.278. The van der Waals surface area contributed by atoms with Crippen LogP contribution in [0, 0.1) is 11.3 Å². The van der Waals surface area contributed by atoms with Gasteiger partial charge in [0.1, 0.15) is 12.0 Å². The molecular weight excluding hydrogens is 590 g/mol. The Balaban J connectivity index is 1.14. The monoisotopic (exact) mass is 642 g/mol. The Morgan fingerprint density at radius 2 is 1.77 bits per heavy atom. The molecule has 5 fully saturated rings. The van der Waals surface area contributed by atoms with Gasteiger partial charge in [0.25, 0.3) is 0 Å². The number of carbonyl (C=O) groups is 1. The molecule has 14 heteroatoms. The summed E-state index contributed by atoms with van der Waals surface area (Å²) in [6, 6.07) is -1.65. The number of alkyl halides is 1. The minimum atomic E-state index is -3.41. The predicted octanol–water partition coefficient (Wildman–Crippen LogP) is -0.139. The maximum atomic E-state index is 15.6. The molecule has 6 N–H and O–H groups in total. The molecule has 5 heterocycles. The standard InChI is InChI=1S/C30H52F2N8O3S/c1-38-9-5-21(6-10-38)44(42,43)40-13-11-39(12-14-40)27-22(32)18-34-19-24(27)36-29(41)26-23-16-30(7-3-2-4-8-30)25(37-28(26)33)15-20(31)17-35-23/h15,21-28,34-35,37H,2-14,16-19,33H2,1H3,(H,36,41)/b20-15+. The number of piperidine rings is 2. The van der Waals surface area contributed by atoms with E-state index in [9.17, 15) is 17.6 Å². The summed E-state index contributed by atoms with van der Waals surface area (Å²) >= 11 is 0. The van der Waals surface area contributed by atoms with Crippen molar-refractivity contribution >= 4 is 15.9 Å². The molecule has 1 spiro atoms. The molecule has 1 amide bonds. The lowest BCUT2D eigenvalue weighted by Crippen LogP contribution is -2.69. The van der Waals surface area contributed by atoms with Crippen molar-refractivity contribution in [3.05, 3.63) is 11.9 Å². The summed E-state index contributed by atoms with van der Waals surface area (Å²) in [5.41, 5.74) is 6.52. The zero-order valence-electron chi connectivity index (χ0n) is 26.0. The molecule has 6 rings (SSSR count). The van der Waals surface area contributed by atoms with Crippen molar-refractivity contribution in [2.75, 3.05) is 66.0 Å². The number of sulfonamides is 1. The van der Waals surface area contributed by atoms with E-state index in [0.717, 1.165) is 51.6 Å². The van der Waals surface area contributed by atoms with Crippen molar-refractivity contribution in [2.24, 2.45) is 17.1 Å². The number of fused-ring (bicyclic) bond motifs is 1. The van der Waals surface area contributed by atoms with Gasteiger partial charge in [-0.2, -0.15) is 4.31 Å². The first-order valence-corrected chi connectivity index (χ1v) is 18.3. The molecule has 0 aromatic carbocycles. The topological polar surface area (TPSA) is 135 Å². The lowest BCUT2D eigenvalue weighted by Gasteiger charge is -2.46. The van der Waals surface area contributed by atoms with Crippen molar-refractivity contribution < 1.29 is 22.0 Å². The number of hydrogen-bond donors (Lipinski definition) is 5. The summed E-state index contributed by atoms with van der Waals surface area (Å²) in [6.07, 6.45) is 6.98. The van der Waals surface area contributed by atoms with Crippen LogP contribution in [0.1, 0.15) is 51.4 Å². The highest BCUT2D eigenvalue weighted by atomic mass is 32.2. The Bertz CT molecular complexity index is 1150. The highest BCUT2D eigenvalue weighted by Gasteiger charge is 2.51. The third-order valence-electron chi connectivity index (χ3n) is 11.5. The molecular formula is C30H52F2N8O3S. The summed E-state index contributed by atoms with van der Waals surface area (Å²) < 4.78 is 58.8. The molecule has 250 valence electrons. The van der Waals surface area contributed by atoms with E-state index in [-0.39, 0.29) is 47.6 Å². The van der Waals surface area contributed by atoms with Crippen LogP contribution in [-0.4, -0.2) is 136 Å². The van der Waals surface area contributed by atoms with Gasteiger partial charge < -0.3 is 26.6 Å². The van der Waals surface area contributed by atoms with Gasteiger partial charge in [-0.15, -0.1) is 0 Å². The number of amides is 1. The Hall–Kier alpha value is -1.26. The van der Waals surface area contributed by atoms with Gasteiger partial charge in [-0.1, -0.05) is 19.3 Å². The fourth-order valence-electron chi connectivity index (χ4n) is 8.96. The van der Waals surface area contributed by atoms with Crippen LogP contribution in [0.25, 0.3) is 0 Å². The van der Waals surface area contributed by atoms with Crippen LogP contribution in [0.2, 0.25) is 0 Å². The molecule has 1 saturated carbocycles. The molecule has 11 nitrogen and oxygen atoms in total. The summed E-state index contributed by atoms with van der Waals surface area (Å²) in [5, 5.41) is 12.7. The van der Waals surface area contributed by atoms with E-state index in [2.05, 4.69) is 26.2 Å². The van der Waals surface area contributed by atoms with E-state index in [1.807, 2.05) is 11.9 Å². The van der Waals surface area contributed by atoms with Crippen LogP contribution in [0.3, 0.4) is 0 Å². The van der Waals surface area contributed by atoms with Crippen LogP contribution in [0.15, 0.2) is 11.9 Å². The van der Waals surface area contributed by atoms with Crippen molar-refractivity contribution in [1.29, 1.82) is 0 Å². The molecule has 2 bridgehead atoms. The molecule has 1 aliphatic carbocycles. The highest BCUT2D eigenvalue weighted by Crippen LogP contribution is 2.47. The van der Waals surface area contributed by atoms with Crippen molar-refractivity contribution in [1.82, 2.24) is 35.4 Å². The molecule has 0 aromatic heterocycles. The van der Waals surface area contributed by atoms with Crippen LogP contribution >= 0.6 is 0 Å². The third kappa shape index (κ3) is 6.60. The number of piperazine rings is 1. The largest absolute Gasteiger partial charge is 0.350 e. The Kier molecular flexibility index (Phi) is 10.00. The third-order valence-corrected chi connectivity index (χ3v) is 13.9. The summed E-state index contributed by atoms with van der Waals surface area (Å²) in [4.78, 5) is 18.2. The van der Waals surface area contributed by atoms with E-state index in [1.54, 1.807) is 10.4 Å². The summed E-state index contributed by atoms with van der Waals surface area (Å²) in [7, 11) is -1.40. The minimum absolute atomic E-state index is 0.0559. The first kappa shape index (κ1) is 32.7. The number of likely N-dealkylation sites (tertiary alicyclic amines) is 1. The molecule has 0 aromatic rings. The van der Waals surface area contributed by atoms with Crippen molar-refractivity contribution in [3.8, 4) is 0 Å². The number of nitrogens with two attached hydrogens (primary N) is 1. The van der Waals surface area contributed by atoms with E-state index >= 15 is 4.39 Å². The SMILES string of the molecule is CN1CCC(S(=O)(=O)N2CCN(C3C(F)CNCC3NC(=O)C3C(N)NC4/C=C(/F)CNC3CC43CCCCC3)CC2)CC1. The Morgan fingerprint density at radius 3 is 2.48 bits per heavy atom. The van der Waals surface area contributed by atoms with Crippen molar-refractivity contribution in [2.45, 2.75) is 93.1 Å². The molecule has 0 radical (unpaired) electrons. The average molecular weight is 643 g/mol. The molecule has 4 saturated heterocycles. The average Bonchev–Trinajstić information content (AvgIpc) is 3.05. The molecule has 44 heavy (non-hydrogen) atoms. The van der Waals surface area contributed by atoms with Gasteiger partial charge in [-0.3, -0.25) is 15.0 Å². The second kappa shape index (κ2) is 13.5. The van der Waals surface area contributed by atoms with Gasteiger partial charge in [-0.05, 0) is 63.7 Å². The smallest absolute Gasteiger partial charge is 0.227 e. The molecule has 5 aliphatic heterocycles. The number of rotatable bonds is 5. The van der Waals surface area contributed by atoms with Crippen molar-refractivity contribution in [3.63, 3.8) is 0 Å². The second-order valence-corrected chi connectivity index (χ2v) is 16.4. The lowest BCUT2D eigenvalue weighted by molar-refractivity contribution is -0.128. The highest BCUT2D eigenvalue weighted by molar-refractivity contribution is 7.89. The number of carbonyl (C=O) groups excluding carboxylic acids is 1. The first-order chi connectivity index (χ1) is 21.1. The van der Waals surface area contributed by atoms with Crippen LogP contribution < -0.4 is 27.0 Å².